The van der Waals surface area contributed by atoms with Crippen molar-refractivity contribution in [1.82, 2.24) is 5.16 Å². The number of hydrogen-bond donors (Lipinski definition) is 1. The van der Waals surface area contributed by atoms with Crippen LogP contribution in [0.15, 0.2) is 52.4 Å². The molecular weight excluding hydrogens is 296 g/mol. The zero-order valence-electron chi connectivity index (χ0n) is 12.2. The third-order valence-corrected chi connectivity index (χ3v) is 4.20. The fraction of sp³-hybridized carbons (Fsp3) is 0.176. The second kappa shape index (κ2) is 6.58. The molecule has 0 aliphatic heterocycles. The van der Waals surface area contributed by atoms with Crippen LogP contribution in [0.25, 0.3) is 10.6 Å². The minimum atomic E-state index is -0.102. The van der Waals surface area contributed by atoms with Gasteiger partial charge in [0.15, 0.2) is 5.76 Å². The summed E-state index contributed by atoms with van der Waals surface area (Å²) in [5, 5.41) is 8.80. The monoisotopic (exact) mass is 312 g/mol. The summed E-state index contributed by atoms with van der Waals surface area (Å²) in [5.74, 6) is 0.598. The van der Waals surface area contributed by atoms with E-state index in [1.54, 1.807) is 11.3 Å². The summed E-state index contributed by atoms with van der Waals surface area (Å²) in [5.41, 5.74) is 2.67. The molecule has 0 unspecified atom stereocenters. The first kappa shape index (κ1) is 14.5. The molecule has 3 aromatic rings. The van der Waals surface area contributed by atoms with Crippen molar-refractivity contribution in [3.63, 3.8) is 0 Å². The van der Waals surface area contributed by atoms with E-state index in [0.29, 0.717) is 11.5 Å². The molecule has 1 amide bonds. The van der Waals surface area contributed by atoms with Gasteiger partial charge in [-0.25, -0.2) is 0 Å². The van der Waals surface area contributed by atoms with E-state index in [4.69, 9.17) is 4.52 Å². The minimum Gasteiger partial charge on any atom is -0.355 e. The number of benzene rings is 1. The first-order valence-corrected chi connectivity index (χ1v) is 8.01. The molecule has 0 radical (unpaired) electrons. The number of carbonyl (C=O) groups is 1. The summed E-state index contributed by atoms with van der Waals surface area (Å²) in [6, 6.07) is 13.6. The van der Waals surface area contributed by atoms with Gasteiger partial charge in [0.05, 0.1) is 17.0 Å². The van der Waals surface area contributed by atoms with Gasteiger partial charge in [-0.15, -0.1) is 11.3 Å². The van der Waals surface area contributed by atoms with Crippen LogP contribution in [-0.4, -0.2) is 11.1 Å². The van der Waals surface area contributed by atoms with Crippen molar-refractivity contribution in [2.45, 2.75) is 19.8 Å². The molecule has 1 aromatic carbocycles. The van der Waals surface area contributed by atoms with Gasteiger partial charge < -0.3 is 9.84 Å². The minimum absolute atomic E-state index is 0.102. The van der Waals surface area contributed by atoms with Crippen LogP contribution in [0.3, 0.4) is 0 Å². The summed E-state index contributed by atoms with van der Waals surface area (Å²) >= 11 is 1.58. The van der Waals surface area contributed by atoms with E-state index < -0.39 is 0 Å². The van der Waals surface area contributed by atoms with Gasteiger partial charge in [-0.3, -0.25) is 4.79 Å². The molecule has 2 aromatic heterocycles. The summed E-state index contributed by atoms with van der Waals surface area (Å²) in [6.45, 7) is 2.10. The van der Waals surface area contributed by atoms with Gasteiger partial charge in [-0.2, -0.15) is 0 Å². The lowest BCUT2D eigenvalue weighted by molar-refractivity contribution is -0.115. The molecule has 0 fully saturated rings. The summed E-state index contributed by atoms with van der Waals surface area (Å²) in [6.07, 6.45) is 1.18. The Morgan fingerprint density at radius 2 is 2.09 bits per heavy atom. The van der Waals surface area contributed by atoms with Gasteiger partial charge in [0.2, 0.25) is 5.91 Å². The van der Waals surface area contributed by atoms with E-state index in [1.165, 1.54) is 5.56 Å². The topological polar surface area (TPSA) is 55.1 Å². The Bertz CT molecular complexity index is 745. The Morgan fingerprint density at radius 1 is 1.27 bits per heavy atom. The quantitative estimate of drug-likeness (QED) is 0.770. The molecule has 4 nitrogen and oxygen atoms in total. The number of aryl methyl sites for hydroxylation is 1. The van der Waals surface area contributed by atoms with Crippen LogP contribution in [-0.2, 0) is 17.6 Å². The zero-order chi connectivity index (χ0) is 15.4. The van der Waals surface area contributed by atoms with E-state index in [-0.39, 0.29) is 12.3 Å². The lowest BCUT2D eigenvalue weighted by Gasteiger charge is -2.04. The van der Waals surface area contributed by atoms with Gasteiger partial charge in [-0.1, -0.05) is 30.3 Å². The maximum Gasteiger partial charge on any atom is 0.230 e. The van der Waals surface area contributed by atoms with Gasteiger partial charge in [0.25, 0.3) is 0 Å². The number of hydrogen-bond acceptors (Lipinski definition) is 4. The van der Waals surface area contributed by atoms with Crippen LogP contribution in [0.5, 0.6) is 0 Å². The molecule has 5 heteroatoms. The van der Waals surface area contributed by atoms with Crippen LogP contribution in [0, 0.1) is 0 Å². The molecule has 0 spiro atoms. The first-order valence-electron chi connectivity index (χ1n) is 7.13. The number of amides is 1. The average Bonchev–Trinajstić information content (AvgIpc) is 3.19. The number of aromatic nitrogens is 1. The second-order valence-electron chi connectivity index (χ2n) is 4.94. The number of thiophene rings is 1. The molecule has 3 rings (SSSR count). The van der Waals surface area contributed by atoms with Crippen molar-refractivity contribution in [3.8, 4) is 10.6 Å². The molecule has 112 valence electrons. The number of nitrogens with zero attached hydrogens (tertiary/aromatic N) is 1. The fourth-order valence-corrected chi connectivity index (χ4v) is 2.80. The van der Waals surface area contributed by atoms with E-state index >= 15 is 0 Å². The van der Waals surface area contributed by atoms with Gasteiger partial charge >= 0.3 is 0 Å². The lowest BCUT2D eigenvalue weighted by Crippen LogP contribution is -2.14. The Balaban J connectivity index is 1.61. The highest BCUT2D eigenvalue weighted by Crippen LogP contribution is 2.25. The zero-order valence-corrected chi connectivity index (χ0v) is 13.0. The van der Waals surface area contributed by atoms with Gasteiger partial charge in [-0.05, 0) is 35.6 Å². The molecular formula is C17H16N2O2S. The van der Waals surface area contributed by atoms with Crippen molar-refractivity contribution in [2.75, 3.05) is 5.32 Å². The number of rotatable bonds is 5. The highest BCUT2D eigenvalue weighted by Gasteiger charge is 2.11. The van der Waals surface area contributed by atoms with Crippen molar-refractivity contribution >= 4 is 22.9 Å². The Kier molecular flexibility index (Phi) is 4.34. The van der Waals surface area contributed by atoms with Crippen LogP contribution >= 0.6 is 11.3 Å². The average molecular weight is 312 g/mol. The van der Waals surface area contributed by atoms with Crippen LogP contribution in [0.1, 0.15) is 18.2 Å². The molecule has 0 atom stereocenters. The van der Waals surface area contributed by atoms with Crippen molar-refractivity contribution in [3.05, 3.63) is 59.1 Å². The van der Waals surface area contributed by atoms with Crippen LogP contribution < -0.4 is 5.32 Å². The van der Waals surface area contributed by atoms with Crippen molar-refractivity contribution < 1.29 is 9.32 Å². The van der Waals surface area contributed by atoms with Crippen LogP contribution in [0.2, 0.25) is 0 Å². The Morgan fingerprint density at radius 3 is 2.77 bits per heavy atom. The van der Waals surface area contributed by atoms with Crippen molar-refractivity contribution in [1.29, 1.82) is 0 Å². The SMILES string of the molecule is CCc1ccc(NC(=O)Cc2cc(-c3cccs3)on2)cc1. The molecule has 2 heterocycles. The predicted octanol–water partition coefficient (Wildman–Crippen LogP) is 4.15. The molecule has 0 aliphatic carbocycles. The van der Waals surface area contributed by atoms with E-state index in [1.807, 2.05) is 47.8 Å². The molecule has 22 heavy (non-hydrogen) atoms. The lowest BCUT2D eigenvalue weighted by atomic mass is 10.1. The van der Waals surface area contributed by atoms with Crippen molar-refractivity contribution in [2.24, 2.45) is 0 Å². The number of anilines is 1. The fourth-order valence-electron chi connectivity index (χ4n) is 2.12. The summed E-state index contributed by atoms with van der Waals surface area (Å²) < 4.78 is 5.27. The predicted molar refractivity (Wildman–Crippen MR) is 88.0 cm³/mol. The maximum absolute atomic E-state index is 12.0. The first-order chi connectivity index (χ1) is 10.7. The normalized spacial score (nSPS) is 10.6. The molecule has 0 saturated carbocycles. The highest BCUT2D eigenvalue weighted by atomic mass is 32.1. The number of nitrogens with one attached hydrogen (secondary N) is 1. The smallest absolute Gasteiger partial charge is 0.230 e. The largest absolute Gasteiger partial charge is 0.355 e. The van der Waals surface area contributed by atoms with E-state index in [2.05, 4.69) is 17.4 Å². The maximum atomic E-state index is 12.0. The van der Waals surface area contributed by atoms with E-state index in [0.717, 1.165) is 17.0 Å². The highest BCUT2D eigenvalue weighted by molar-refractivity contribution is 7.13. The summed E-state index contributed by atoms with van der Waals surface area (Å²) in [4.78, 5) is 13.1. The Labute approximate surface area is 132 Å². The second-order valence-corrected chi connectivity index (χ2v) is 5.88. The van der Waals surface area contributed by atoms with Gasteiger partial charge in [0, 0.05) is 11.8 Å². The third kappa shape index (κ3) is 3.43. The number of carbonyl (C=O) groups excluding carboxylic acids is 1. The molecule has 1 N–H and O–H groups in total. The molecule has 0 bridgehead atoms. The summed E-state index contributed by atoms with van der Waals surface area (Å²) in [7, 11) is 0. The van der Waals surface area contributed by atoms with Gasteiger partial charge in [0.1, 0.15) is 0 Å². The molecule has 0 aliphatic rings. The van der Waals surface area contributed by atoms with E-state index in [9.17, 15) is 4.79 Å². The molecule has 0 saturated heterocycles. The Hall–Kier alpha value is -2.40. The standard InChI is InChI=1S/C17H16N2O2S/c1-2-12-5-7-13(8-6-12)18-17(20)11-14-10-15(21-19-14)16-4-3-9-22-16/h3-10H,2,11H2,1H3,(H,18,20). The third-order valence-electron chi connectivity index (χ3n) is 3.31. The van der Waals surface area contributed by atoms with Crippen LogP contribution in [0.4, 0.5) is 5.69 Å².